The maximum Gasteiger partial charge on any atom is 0.223 e. The lowest BCUT2D eigenvalue weighted by Gasteiger charge is -2.42. The third-order valence-corrected chi connectivity index (χ3v) is 4.49. The van der Waals surface area contributed by atoms with Crippen molar-refractivity contribution in [2.75, 3.05) is 19.6 Å². The fraction of sp³-hybridized carbons (Fsp3) is 0.933. The molecule has 0 spiro atoms. The van der Waals surface area contributed by atoms with Gasteiger partial charge in [-0.3, -0.25) is 9.69 Å². The molecule has 2 fully saturated rings. The molecule has 3 heteroatoms. The number of likely N-dealkylation sites (tertiary alicyclic amines) is 2. The van der Waals surface area contributed by atoms with E-state index in [2.05, 4.69) is 51.3 Å². The Morgan fingerprint density at radius 1 is 0.889 bits per heavy atom. The number of rotatable bonds is 0. The molecule has 2 heterocycles. The van der Waals surface area contributed by atoms with Crippen LogP contribution in [-0.4, -0.2) is 46.4 Å². The number of piperidine rings is 1. The highest BCUT2D eigenvalue weighted by Crippen LogP contribution is 2.37. The van der Waals surface area contributed by atoms with Gasteiger partial charge in [-0.25, -0.2) is 0 Å². The summed E-state index contributed by atoms with van der Waals surface area (Å²) in [5, 5.41) is 0. The first kappa shape index (κ1) is 13.9. The summed E-state index contributed by atoms with van der Waals surface area (Å²) in [7, 11) is 0. The Kier molecular flexibility index (Phi) is 3.25. The molecule has 0 bridgehead atoms. The van der Waals surface area contributed by atoms with E-state index >= 15 is 0 Å². The number of fused-ring (bicyclic) bond motifs is 1. The first-order valence-electron chi connectivity index (χ1n) is 7.14. The number of carbonyl (C=O) groups is 1. The summed E-state index contributed by atoms with van der Waals surface area (Å²) in [4.78, 5) is 16.9. The molecule has 2 unspecified atom stereocenters. The van der Waals surface area contributed by atoms with Crippen LogP contribution in [0, 0.1) is 11.8 Å². The van der Waals surface area contributed by atoms with Crippen LogP contribution in [0.4, 0.5) is 0 Å². The molecule has 104 valence electrons. The van der Waals surface area contributed by atoms with Gasteiger partial charge in [-0.05, 0) is 53.4 Å². The Morgan fingerprint density at radius 2 is 1.44 bits per heavy atom. The van der Waals surface area contributed by atoms with Crippen LogP contribution in [0.25, 0.3) is 0 Å². The highest BCUT2D eigenvalue weighted by Gasteiger charge is 2.45. The van der Waals surface area contributed by atoms with Gasteiger partial charge in [-0.15, -0.1) is 0 Å². The monoisotopic (exact) mass is 252 g/mol. The number of carbonyl (C=O) groups excluding carboxylic acids is 1. The van der Waals surface area contributed by atoms with Crippen LogP contribution < -0.4 is 0 Å². The Labute approximate surface area is 112 Å². The molecule has 1 amide bonds. The summed E-state index contributed by atoms with van der Waals surface area (Å²) < 4.78 is 0. The molecule has 2 atom stereocenters. The van der Waals surface area contributed by atoms with Crippen molar-refractivity contribution in [3.63, 3.8) is 0 Å². The number of nitrogens with zero attached hydrogens (tertiary/aromatic N) is 2. The minimum Gasteiger partial charge on any atom is -0.338 e. The molecule has 0 aromatic rings. The predicted molar refractivity (Wildman–Crippen MR) is 74.4 cm³/mol. The van der Waals surface area contributed by atoms with Crippen molar-refractivity contribution in [2.45, 2.75) is 59.0 Å². The Morgan fingerprint density at radius 3 is 1.94 bits per heavy atom. The van der Waals surface area contributed by atoms with Crippen molar-refractivity contribution in [2.24, 2.45) is 11.8 Å². The third-order valence-electron chi connectivity index (χ3n) is 4.49. The van der Waals surface area contributed by atoms with E-state index in [4.69, 9.17) is 0 Å². The van der Waals surface area contributed by atoms with E-state index in [0.29, 0.717) is 17.7 Å². The summed E-state index contributed by atoms with van der Waals surface area (Å²) in [6.45, 7) is 16.4. The van der Waals surface area contributed by atoms with Crippen LogP contribution in [0.2, 0.25) is 0 Å². The molecule has 2 aliphatic heterocycles. The molecule has 0 saturated carbocycles. The lowest BCUT2D eigenvalue weighted by Crippen LogP contribution is -2.52. The van der Waals surface area contributed by atoms with Gasteiger partial charge in [0.25, 0.3) is 0 Å². The van der Waals surface area contributed by atoms with Crippen LogP contribution in [-0.2, 0) is 4.79 Å². The average Bonchev–Trinajstić information content (AvgIpc) is 2.56. The highest BCUT2D eigenvalue weighted by molar-refractivity contribution is 5.78. The van der Waals surface area contributed by atoms with Gasteiger partial charge >= 0.3 is 0 Å². The van der Waals surface area contributed by atoms with Crippen LogP contribution >= 0.6 is 0 Å². The van der Waals surface area contributed by atoms with Gasteiger partial charge in [0.15, 0.2) is 0 Å². The smallest absolute Gasteiger partial charge is 0.223 e. The molecule has 2 saturated heterocycles. The van der Waals surface area contributed by atoms with Crippen molar-refractivity contribution >= 4 is 5.91 Å². The standard InChI is InChI=1S/C15H28N2O/c1-14(2,3)16-8-11-7-13(18)17(15(4,5)6)10-12(11)9-16/h11-12H,7-10H2,1-6H3. The van der Waals surface area contributed by atoms with Gasteiger partial charge in [0.2, 0.25) is 5.91 Å². The zero-order valence-electron chi connectivity index (χ0n) is 12.8. The second-order valence-electron chi connectivity index (χ2n) is 7.98. The van der Waals surface area contributed by atoms with Gasteiger partial charge < -0.3 is 4.90 Å². The maximum absolute atomic E-state index is 12.2. The van der Waals surface area contributed by atoms with Crippen LogP contribution in [0.3, 0.4) is 0 Å². The fourth-order valence-corrected chi connectivity index (χ4v) is 3.24. The highest BCUT2D eigenvalue weighted by atomic mass is 16.2. The minimum absolute atomic E-state index is 0.0305. The van der Waals surface area contributed by atoms with E-state index in [1.54, 1.807) is 0 Å². The fourth-order valence-electron chi connectivity index (χ4n) is 3.24. The summed E-state index contributed by atoms with van der Waals surface area (Å²) in [6, 6.07) is 0. The van der Waals surface area contributed by atoms with E-state index in [-0.39, 0.29) is 11.1 Å². The quantitative estimate of drug-likeness (QED) is 0.661. The first-order valence-corrected chi connectivity index (χ1v) is 7.14. The number of amides is 1. The summed E-state index contributed by atoms with van der Waals surface area (Å²) in [6.07, 6.45) is 0.745. The molecule has 0 aliphatic carbocycles. The number of hydrogen-bond acceptors (Lipinski definition) is 2. The van der Waals surface area contributed by atoms with Crippen molar-refractivity contribution in [1.82, 2.24) is 9.80 Å². The molecular formula is C15H28N2O. The van der Waals surface area contributed by atoms with Gasteiger partial charge in [-0.2, -0.15) is 0 Å². The lowest BCUT2D eigenvalue weighted by molar-refractivity contribution is -0.141. The summed E-state index contributed by atoms with van der Waals surface area (Å²) in [5.41, 5.74) is 0.199. The maximum atomic E-state index is 12.2. The second kappa shape index (κ2) is 4.22. The van der Waals surface area contributed by atoms with Crippen molar-refractivity contribution in [3.05, 3.63) is 0 Å². The van der Waals surface area contributed by atoms with Gasteiger partial charge in [0, 0.05) is 37.1 Å². The predicted octanol–water partition coefficient (Wildman–Crippen LogP) is 2.36. The lowest BCUT2D eigenvalue weighted by atomic mass is 9.86. The van der Waals surface area contributed by atoms with E-state index in [9.17, 15) is 4.79 Å². The molecule has 0 aromatic heterocycles. The molecule has 0 N–H and O–H groups in total. The van der Waals surface area contributed by atoms with E-state index in [0.717, 1.165) is 26.1 Å². The average molecular weight is 252 g/mol. The Hall–Kier alpha value is -0.570. The topological polar surface area (TPSA) is 23.6 Å². The molecule has 18 heavy (non-hydrogen) atoms. The van der Waals surface area contributed by atoms with Gasteiger partial charge in [0.05, 0.1) is 0 Å². The molecule has 0 aromatic carbocycles. The molecule has 3 nitrogen and oxygen atoms in total. The zero-order chi connectivity index (χ0) is 13.7. The molecule has 2 rings (SSSR count). The van der Waals surface area contributed by atoms with Crippen molar-refractivity contribution in [1.29, 1.82) is 0 Å². The normalized spacial score (nSPS) is 30.8. The van der Waals surface area contributed by atoms with Gasteiger partial charge in [0.1, 0.15) is 0 Å². The molecule has 0 radical (unpaired) electrons. The Balaban J connectivity index is 2.09. The minimum atomic E-state index is -0.0305. The Bertz CT molecular complexity index is 337. The van der Waals surface area contributed by atoms with Crippen molar-refractivity contribution in [3.8, 4) is 0 Å². The SMILES string of the molecule is CC(C)(C)N1CC2CC(=O)N(C(C)(C)C)CC2C1. The first-order chi connectivity index (χ1) is 8.09. The molecule has 2 aliphatic rings. The van der Waals surface area contributed by atoms with E-state index in [1.165, 1.54) is 0 Å². The van der Waals surface area contributed by atoms with Crippen LogP contribution in [0.5, 0.6) is 0 Å². The van der Waals surface area contributed by atoms with E-state index in [1.807, 2.05) is 0 Å². The summed E-state index contributed by atoms with van der Waals surface area (Å²) in [5.74, 6) is 1.59. The summed E-state index contributed by atoms with van der Waals surface area (Å²) >= 11 is 0. The van der Waals surface area contributed by atoms with Crippen LogP contribution in [0.1, 0.15) is 48.0 Å². The van der Waals surface area contributed by atoms with E-state index < -0.39 is 0 Å². The van der Waals surface area contributed by atoms with Crippen molar-refractivity contribution < 1.29 is 4.79 Å². The second-order valence-corrected chi connectivity index (χ2v) is 7.98. The largest absolute Gasteiger partial charge is 0.338 e. The molecular weight excluding hydrogens is 224 g/mol. The van der Waals surface area contributed by atoms with Crippen LogP contribution in [0.15, 0.2) is 0 Å². The van der Waals surface area contributed by atoms with Gasteiger partial charge in [-0.1, -0.05) is 0 Å². The zero-order valence-corrected chi connectivity index (χ0v) is 12.8. The number of hydrogen-bond donors (Lipinski definition) is 0. The third kappa shape index (κ3) is 2.56.